The third-order valence-corrected chi connectivity index (χ3v) is 9.02. The molecule has 37 heavy (non-hydrogen) atoms. The van der Waals surface area contributed by atoms with E-state index in [9.17, 15) is 4.79 Å². The summed E-state index contributed by atoms with van der Waals surface area (Å²) < 4.78 is 0. The Kier molecular flexibility index (Phi) is 8.55. The van der Waals surface area contributed by atoms with Gasteiger partial charge in [-0.2, -0.15) is 5.10 Å². The number of hydrogen-bond acceptors (Lipinski definition) is 6. The number of thiophene rings is 1. The summed E-state index contributed by atoms with van der Waals surface area (Å²) in [6, 6.07) is 9.96. The van der Waals surface area contributed by atoms with Crippen LogP contribution < -0.4 is 5.32 Å². The smallest absolute Gasteiger partial charge is 0.174 e. The maximum absolute atomic E-state index is 13.2. The number of carbonyl (C=O) groups excluding carboxylic acids is 1. The molecule has 0 saturated carbocycles. The van der Waals surface area contributed by atoms with Gasteiger partial charge in [0.05, 0.1) is 17.2 Å². The third kappa shape index (κ3) is 6.06. The largest absolute Gasteiger partial charge is 0.317 e. The van der Waals surface area contributed by atoms with Gasteiger partial charge in [0.15, 0.2) is 5.78 Å². The zero-order valence-electron chi connectivity index (χ0n) is 21.7. The van der Waals surface area contributed by atoms with Crippen molar-refractivity contribution < 1.29 is 4.79 Å². The summed E-state index contributed by atoms with van der Waals surface area (Å²) in [5, 5.41) is 13.0. The Morgan fingerprint density at radius 1 is 1.24 bits per heavy atom. The number of fused-ring (bicyclic) bond motifs is 3. The number of rotatable bonds is 11. The molecule has 3 aromatic rings. The zero-order chi connectivity index (χ0) is 25.8. The summed E-state index contributed by atoms with van der Waals surface area (Å²) in [6.07, 6.45) is 7.98. The Labute approximate surface area is 228 Å². The fourth-order valence-electron chi connectivity index (χ4n) is 5.39. The molecule has 8 heteroatoms. The quantitative estimate of drug-likeness (QED) is 0.269. The molecule has 0 spiro atoms. The molecule has 5 rings (SSSR count). The minimum Gasteiger partial charge on any atom is -0.317 e. The molecule has 2 N–H and O–H groups in total. The number of hydrogen-bond donors (Lipinski definition) is 2. The standard InChI is InChI=1S/C29H36ClN5OS/c1-3-19(24-16-25(34-33-24)20-7-9-22(30)10-8-20)11-14-31-13-5-4-6-21-17-32-29-27(28(21)36)23-12-15-35(2)18-26(23)37-29/h7-10,16-17,19,21,31H,3-6,11-15,18H2,1-2H3,(H,33,34). The van der Waals surface area contributed by atoms with E-state index < -0.39 is 0 Å². The van der Waals surface area contributed by atoms with Gasteiger partial charge in [0.1, 0.15) is 5.00 Å². The highest BCUT2D eigenvalue weighted by molar-refractivity contribution is 7.16. The van der Waals surface area contributed by atoms with Gasteiger partial charge in [-0.05, 0) is 76.0 Å². The highest BCUT2D eigenvalue weighted by atomic mass is 35.5. The molecule has 0 aliphatic carbocycles. The van der Waals surface area contributed by atoms with Gasteiger partial charge in [-0.25, -0.2) is 4.99 Å². The second-order valence-corrected chi connectivity index (χ2v) is 11.8. The summed E-state index contributed by atoms with van der Waals surface area (Å²) in [5.41, 5.74) is 5.42. The van der Waals surface area contributed by atoms with Gasteiger partial charge in [-0.15, -0.1) is 11.3 Å². The summed E-state index contributed by atoms with van der Waals surface area (Å²) in [4.78, 5) is 21.6. The van der Waals surface area contributed by atoms with Crippen LogP contribution >= 0.6 is 22.9 Å². The van der Waals surface area contributed by atoms with Crippen LogP contribution in [0.15, 0.2) is 35.3 Å². The van der Waals surface area contributed by atoms with Crippen molar-refractivity contribution in [2.75, 3.05) is 26.7 Å². The van der Waals surface area contributed by atoms with E-state index in [1.807, 2.05) is 30.5 Å². The molecule has 0 radical (unpaired) electrons. The first kappa shape index (κ1) is 26.3. The second-order valence-electron chi connectivity index (χ2n) is 10.3. The van der Waals surface area contributed by atoms with E-state index in [0.29, 0.717) is 11.7 Å². The molecule has 2 atom stereocenters. The molecule has 4 heterocycles. The monoisotopic (exact) mass is 537 g/mol. The third-order valence-electron chi connectivity index (χ3n) is 7.64. The van der Waals surface area contributed by atoms with E-state index in [2.05, 4.69) is 40.5 Å². The molecular formula is C29H36ClN5OS. The van der Waals surface area contributed by atoms with Crippen LogP contribution in [-0.2, 0) is 13.0 Å². The summed E-state index contributed by atoms with van der Waals surface area (Å²) in [5.74, 6) is 0.677. The average molecular weight is 538 g/mol. The first-order chi connectivity index (χ1) is 18.0. The van der Waals surface area contributed by atoms with Crippen molar-refractivity contribution in [2.45, 2.75) is 57.9 Å². The zero-order valence-corrected chi connectivity index (χ0v) is 23.3. The normalized spacial score (nSPS) is 18.1. The van der Waals surface area contributed by atoms with Gasteiger partial charge < -0.3 is 10.2 Å². The van der Waals surface area contributed by atoms with Crippen molar-refractivity contribution in [2.24, 2.45) is 10.9 Å². The van der Waals surface area contributed by atoms with E-state index in [0.717, 1.165) is 91.5 Å². The van der Waals surface area contributed by atoms with Gasteiger partial charge in [-0.3, -0.25) is 9.89 Å². The van der Waals surface area contributed by atoms with Gasteiger partial charge in [-0.1, -0.05) is 37.1 Å². The Balaban J connectivity index is 1.03. The highest BCUT2D eigenvalue weighted by Crippen LogP contribution is 2.42. The maximum Gasteiger partial charge on any atom is 0.174 e. The predicted octanol–water partition coefficient (Wildman–Crippen LogP) is 6.64. The minimum atomic E-state index is -0.0643. The SMILES string of the molecule is CCC(CCNCCCCC1C=Nc2sc3c(c2C1=O)CCN(C)C3)c1cc(-c2ccc(Cl)cc2)n[nH]1. The average Bonchev–Trinajstić information content (AvgIpc) is 3.52. The minimum absolute atomic E-state index is 0.0643. The van der Waals surface area contributed by atoms with Gasteiger partial charge >= 0.3 is 0 Å². The van der Waals surface area contributed by atoms with Gasteiger partial charge in [0.25, 0.3) is 0 Å². The van der Waals surface area contributed by atoms with Crippen LogP contribution in [0.4, 0.5) is 5.00 Å². The number of aromatic nitrogens is 2. The first-order valence-electron chi connectivity index (χ1n) is 13.5. The molecule has 6 nitrogen and oxygen atoms in total. The lowest BCUT2D eigenvalue weighted by atomic mass is 9.89. The number of H-pyrrole nitrogens is 1. The number of nitrogens with zero attached hydrogens (tertiary/aromatic N) is 3. The summed E-state index contributed by atoms with van der Waals surface area (Å²) >= 11 is 7.72. The molecule has 0 bridgehead atoms. The molecule has 196 valence electrons. The maximum atomic E-state index is 13.2. The van der Waals surface area contributed by atoms with Crippen molar-refractivity contribution in [1.82, 2.24) is 20.4 Å². The van der Waals surface area contributed by atoms with Crippen molar-refractivity contribution in [1.29, 1.82) is 0 Å². The Hall–Kier alpha value is -2.32. The molecule has 0 saturated heterocycles. The van der Waals surface area contributed by atoms with Crippen molar-refractivity contribution >= 4 is 39.9 Å². The van der Waals surface area contributed by atoms with Crippen LogP contribution in [-0.4, -0.2) is 53.8 Å². The number of ketones is 1. The molecule has 1 aromatic carbocycles. The number of halogens is 1. The molecule has 2 aromatic heterocycles. The van der Waals surface area contributed by atoms with Crippen LogP contribution in [0.5, 0.6) is 0 Å². The molecule has 2 unspecified atom stereocenters. The number of aromatic amines is 1. The van der Waals surface area contributed by atoms with E-state index >= 15 is 0 Å². The van der Waals surface area contributed by atoms with Crippen molar-refractivity contribution in [3.8, 4) is 11.3 Å². The van der Waals surface area contributed by atoms with Gasteiger partial charge in [0.2, 0.25) is 0 Å². The van der Waals surface area contributed by atoms with Crippen LogP contribution in [0.2, 0.25) is 5.02 Å². The van der Waals surface area contributed by atoms with Gasteiger partial charge in [0, 0.05) is 46.4 Å². The van der Waals surface area contributed by atoms with Crippen molar-refractivity contribution in [3.63, 3.8) is 0 Å². The topological polar surface area (TPSA) is 73.4 Å². The lowest BCUT2D eigenvalue weighted by Gasteiger charge is -2.23. The lowest BCUT2D eigenvalue weighted by molar-refractivity contribution is 0.0948. The predicted molar refractivity (Wildman–Crippen MR) is 154 cm³/mol. The number of benzene rings is 1. The molecule has 0 amide bonds. The Morgan fingerprint density at radius 2 is 2.08 bits per heavy atom. The Bertz CT molecular complexity index is 1250. The summed E-state index contributed by atoms with van der Waals surface area (Å²) in [7, 11) is 2.14. The van der Waals surface area contributed by atoms with E-state index in [4.69, 9.17) is 16.6 Å². The summed E-state index contributed by atoms with van der Waals surface area (Å²) in [6.45, 7) is 6.13. The molecule has 0 fully saturated rings. The first-order valence-corrected chi connectivity index (χ1v) is 14.7. The fourth-order valence-corrected chi connectivity index (χ4v) is 6.80. The number of carbonyl (C=O) groups is 1. The highest BCUT2D eigenvalue weighted by Gasteiger charge is 2.32. The number of aliphatic imine (C=N–C) groups is 1. The number of likely N-dealkylation sites (N-methyl/N-ethyl adjacent to an activating group) is 1. The second kappa shape index (κ2) is 12.0. The number of unbranched alkanes of at least 4 members (excludes halogenated alkanes) is 1. The van der Waals surface area contributed by atoms with Crippen molar-refractivity contribution in [3.05, 3.63) is 57.1 Å². The molecular weight excluding hydrogens is 502 g/mol. The molecule has 2 aliphatic heterocycles. The van der Waals surface area contributed by atoms with E-state index in [1.165, 1.54) is 16.1 Å². The van der Waals surface area contributed by atoms with Crippen LogP contribution in [0.25, 0.3) is 11.3 Å². The van der Waals surface area contributed by atoms with Crippen LogP contribution in [0, 0.1) is 5.92 Å². The van der Waals surface area contributed by atoms with Crippen LogP contribution in [0.1, 0.15) is 71.4 Å². The number of Topliss-reactive ketones (excluding diaryl/α,β-unsaturated/α-hetero) is 1. The Morgan fingerprint density at radius 3 is 2.89 bits per heavy atom. The lowest BCUT2D eigenvalue weighted by Crippen LogP contribution is -2.27. The number of nitrogens with one attached hydrogen (secondary N) is 2. The van der Waals surface area contributed by atoms with E-state index in [1.54, 1.807) is 11.3 Å². The van der Waals surface area contributed by atoms with Crippen LogP contribution in [0.3, 0.4) is 0 Å². The fraction of sp³-hybridized carbons (Fsp3) is 0.483. The molecule has 2 aliphatic rings. The van der Waals surface area contributed by atoms with E-state index in [-0.39, 0.29) is 5.92 Å².